The molecule has 0 N–H and O–H groups in total. The summed E-state index contributed by atoms with van der Waals surface area (Å²) in [6, 6.07) is 10.7. The molecule has 3 heterocycles. The zero-order valence-corrected chi connectivity index (χ0v) is 17.2. The number of benzene rings is 1. The molecule has 1 aliphatic heterocycles. The summed E-state index contributed by atoms with van der Waals surface area (Å²) in [7, 11) is -1.72. The molecule has 1 aliphatic rings. The van der Waals surface area contributed by atoms with Crippen LogP contribution in [0, 0.1) is 0 Å². The Balaban J connectivity index is 1.74. The minimum absolute atomic E-state index is 0.221. The molecule has 0 fully saturated rings. The molecule has 3 aromatic rings. The number of aromatic nitrogens is 2. The molecule has 0 spiro atoms. The average Bonchev–Trinajstić information content (AvgIpc) is 3.03. The Morgan fingerprint density at radius 2 is 2.00 bits per heavy atom. The normalized spacial score (nSPS) is 14.5. The summed E-state index contributed by atoms with van der Waals surface area (Å²) in [4.78, 5) is 13.3. The first kappa shape index (κ1) is 18.0. The topological polar surface area (TPSA) is 75.0 Å². The number of nitrogens with zero attached hydrogens (tertiary/aromatic N) is 4. The van der Waals surface area contributed by atoms with Gasteiger partial charge in [-0.15, -0.1) is 0 Å². The predicted octanol–water partition coefficient (Wildman–Crippen LogP) is 2.55. The van der Waals surface area contributed by atoms with E-state index in [4.69, 9.17) is 0 Å². The second-order valence-electron chi connectivity index (χ2n) is 6.48. The highest BCUT2D eigenvalue weighted by molar-refractivity contribution is 9.10. The maximum atomic E-state index is 13.1. The molecule has 9 heteroatoms. The fourth-order valence-electron chi connectivity index (χ4n) is 3.37. The predicted molar refractivity (Wildman–Crippen MR) is 106 cm³/mol. The van der Waals surface area contributed by atoms with Crippen molar-refractivity contribution >= 4 is 42.9 Å². The molecule has 0 saturated carbocycles. The number of hydrogen-bond donors (Lipinski definition) is 0. The van der Waals surface area contributed by atoms with E-state index in [9.17, 15) is 13.2 Å². The van der Waals surface area contributed by atoms with E-state index in [-0.39, 0.29) is 10.8 Å². The number of carbonyl (C=O) groups is 1. The van der Waals surface area contributed by atoms with Crippen LogP contribution in [0.25, 0.3) is 5.52 Å². The number of anilines is 1. The molecule has 1 amide bonds. The van der Waals surface area contributed by atoms with Crippen LogP contribution in [0.4, 0.5) is 5.69 Å². The lowest BCUT2D eigenvalue weighted by atomic mass is 10.1. The number of pyridine rings is 1. The van der Waals surface area contributed by atoms with E-state index in [0.29, 0.717) is 24.3 Å². The first-order valence-electron chi connectivity index (χ1n) is 8.28. The van der Waals surface area contributed by atoms with E-state index in [1.54, 1.807) is 41.0 Å². The monoisotopic (exact) mass is 448 g/mol. The fourth-order valence-corrected chi connectivity index (χ4v) is 4.64. The summed E-state index contributed by atoms with van der Waals surface area (Å²) in [6.07, 6.45) is 3.54. The SMILES string of the molecule is CN1c2c(cccc2S(C)(=O)=O)CCN1C(=O)c1cc2ccc(Br)cn2n1. The van der Waals surface area contributed by atoms with Crippen molar-refractivity contribution in [1.29, 1.82) is 0 Å². The Morgan fingerprint density at radius 3 is 2.74 bits per heavy atom. The third-order valence-electron chi connectivity index (χ3n) is 4.64. The van der Waals surface area contributed by atoms with Gasteiger partial charge in [-0.25, -0.2) is 17.9 Å². The Kier molecular flexibility index (Phi) is 4.23. The molecule has 1 aromatic carbocycles. The van der Waals surface area contributed by atoms with Crippen LogP contribution in [0.5, 0.6) is 0 Å². The van der Waals surface area contributed by atoms with Gasteiger partial charge in [-0.2, -0.15) is 5.10 Å². The summed E-state index contributed by atoms with van der Waals surface area (Å²) in [6.45, 7) is 0.452. The number of halogens is 1. The molecule has 140 valence electrons. The lowest BCUT2D eigenvalue weighted by Crippen LogP contribution is -2.49. The summed E-state index contributed by atoms with van der Waals surface area (Å²) >= 11 is 3.39. The molecule has 0 aliphatic carbocycles. The van der Waals surface area contributed by atoms with Crippen molar-refractivity contribution in [3.63, 3.8) is 0 Å². The average molecular weight is 449 g/mol. The van der Waals surface area contributed by atoms with E-state index >= 15 is 0 Å². The first-order chi connectivity index (χ1) is 12.8. The maximum absolute atomic E-state index is 13.1. The Hall–Kier alpha value is -2.39. The van der Waals surface area contributed by atoms with Gasteiger partial charge in [0.1, 0.15) is 0 Å². The molecule has 0 bridgehead atoms. The largest absolute Gasteiger partial charge is 0.292 e. The van der Waals surface area contributed by atoms with Crippen molar-refractivity contribution in [2.24, 2.45) is 0 Å². The molecule has 2 aromatic heterocycles. The van der Waals surface area contributed by atoms with E-state index in [1.165, 1.54) is 11.3 Å². The van der Waals surface area contributed by atoms with Gasteiger partial charge in [0.05, 0.1) is 16.1 Å². The van der Waals surface area contributed by atoms with Gasteiger partial charge in [-0.05, 0) is 52.2 Å². The number of rotatable bonds is 2. The molecule has 27 heavy (non-hydrogen) atoms. The quantitative estimate of drug-likeness (QED) is 0.601. The van der Waals surface area contributed by atoms with E-state index in [0.717, 1.165) is 15.6 Å². The number of hydrazine groups is 1. The number of fused-ring (bicyclic) bond motifs is 2. The Labute approximate surface area is 165 Å². The summed E-state index contributed by atoms with van der Waals surface area (Å²) in [5.74, 6) is -0.272. The maximum Gasteiger partial charge on any atom is 0.292 e. The zero-order chi connectivity index (χ0) is 19.3. The van der Waals surface area contributed by atoms with Gasteiger partial charge in [0.15, 0.2) is 15.5 Å². The van der Waals surface area contributed by atoms with Crippen LogP contribution in [0.2, 0.25) is 0 Å². The van der Waals surface area contributed by atoms with Crippen molar-refractivity contribution in [2.75, 3.05) is 24.9 Å². The Morgan fingerprint density at radius 1 is 1.22 bits per heavy atom. The van der Waals surface area contributed by atoms with Gasteiger partial charge in [0.2, 0.25) is 0 Å². The van der Waals surface area contributed by atoms with E-state index in [1.807, 2.05) is 18.2 Å². The van der Waals surface area contributed by atoms with Crippen LogP contribution in [0.1, 0.15) is 16.1 Å². The van der Waals surface area contributed by atoms with Gasteiger partial charge < -0.3 is 0 Å². The number of carbonyl (C=O) groups excluding carboxylic acids is 1. The highest BCUT2D eigenvalue weighted by Gasteiger charge is 2.31. The Bertz CT molecular complexity index is 1170. The van der Waals surface area contributed by atoms with Crippen LogP contribution >= 0.6 is 15.9 Å². The summed E-state index contributed by atoms with van der Waals surface area (Å²) in [5.41, 5.74) is 2.56. The fraction of sp³-hybridized carbons (Fsp3) is 0.222. The molecule has 7 nitrogen and oxygen atoms in total. The minimum Gasteiger partial charge on any atom is -0.284 e. The number of amides is 1. The van der Waals surface area contributed by atoms with Gasteiger partial charge >= 0.3 is 0 Å². The molecule has 4 rings (SSSR count). The lowest BCUT2D eigenvalue weighted by molar-refractivity contribution is 0.0731. The lowest BCUT2D eigenvalue weighted by Gasteiger charge is -2.39. The summed E-state index contributed by atoms with van der Waals surface area (Å²) in [5, 5.41) is 7.52. The molecule has 0 radical (unpaired) electrons. The highest BCUT2D eigenvalue weighted by Crippen LogP contribution is 2.33. The van der Waals surface area contributed by atoms with Crippen molar-refractivity contribution in [3.05, 3.63) is 58.3 Å². The molecule has 0 saturated heterocycles. The number of para-hydroxylation sites is 1. The third-order valence-corrected chi connectivity index (χ3v) is 6.24. The second-order valence-corrected chi connectivity index (χ2v) is 9.38. The van der Waals surface area contributed by atoms with Gasteiger partial charge in [-0.3, -0.25) is 9.80 Å². The van der Waals surface area contributed by atoms with Crippen molar-refractivity contribution in [3.8, 4) is 0 Å². The molecule has 0 atom stereocenters. The molecular weight excluding hydrogens is 432 g/mol. The highest BCUT2D eigenvalue weighted by atomic mass is 79.9. The zero-order valence-electron chi connectivity index (χ0n) is 14.8. The first-order valence-corrected chi connectivity index (χ1v) is 11.0. The number of hydrogen-bond acceptors (Lipinski definition) is 5. The van der Waals surface area contributed by atoms with E-state index in [2.05, 4.69) is 21.0 Å². The van der Waals surface area contributed by atoms with Gasteiger partial charge in [0, 0.05) is 30.5 Å². The summed E-state index contributed by atoms with van der Waals surface area (Å²) < 4.78 is 26.9. The van der Waals surface area contributed by atoms with Gasteiger partial charge in [0.25, 0.3) is 5.91 Å². The smallest absolute Gasteiger partial charge is 0.284 e. The van der Waals surface area contributed by atoms with Crippen LogP contribution in [0.15, 0.2) is 52.0 Å². The standard InChI is InChI=1S/C18H17BrN4O3S/c1-21-17-12(4-3-5-16(17)27(2,25)26)8-9-23(21)18(24)15-10-14-7-6-13(19)11-22(14)20-15/h3-7,10-11H,8-9H2,1-2H3. The van der Waals surface area contributed by atoms with Crippen LogP contribution in [0.3, 0.4) is 0 Å². The van der Waals surface area contributed by atoms with Crippen molar-refractivity contribution < 1.29 is 13.2 Å². The molecular formula is C18H17BrN4O3S. The van der Waals surface area contributed by atoms with Crippen LogP contribution in [-0.4, -0.2) is 48.8 Å². The second kappa shape index (κ2) is 6.35. The number of sulfone groups is 1. The van der Waals surface area contributed by atoms with E-state index < -0.39 is 9.84 Å². The van der Waals surface area contributed by atoms with Crippen molar-refractivity contribution in [2.45, 2.75) is 11.3 Å². The third kappa shape index (κ3) is 3.10. The van der Waals surface area contributed by atoms with Crippen LogP contribution in [-0.2, 0) is 16.3 Å². The minimum atomic E-state index is -3.42. The van der Waals surface area contributed by atoms with Crippen LogP contribution < -0.4 is 5.01 Å². The van der Waals surface area contributed by atoms with Gasteiger partial charge in [-0.1, -0.05) is 12.1 Å². The molecule has 0 unspecified atom stereocenters. The van der Waals surface area contributed by atoms with Crippen molar-refractivity contribution in [1.82, 2.24) is 14.6 Å².